The molecule has 0 saturated carbocycles. The van der Waals surface area contributed by atoms with E-state index in [2.05, 4.69) is 26.8 Å². The Balaban J connectivity index is 1.61. The molecule has 1 atom stereocenters. The average Bonchev–Trinajstić information content (AvgIpc) is 3.02. The van der Waals surface area contributed by atoms with E-state index in [0.717, 1.165) is 56.7 Å². The van der Waals surface area contributed by atoms with Crippen molar-refractivity contribution in [2.24, 2.45) is 0 Å². The van der Waals surface area contributed by atoms with E-state index in [9.17, 15) is 4.39 Å². The molecule has 0 spiro atoms. The predicted octanol–water partition coefficient (Wildman–Crippen LogP) is 2.82. The highest BCUT2D eigenvalue weighted by atomic mass is 19.1. The zero-order valence-electron chi connectivity index (χ0n) is 14.1. The number of nitrogens with zero attached hydrogens (tertiary/aromatic N) is 4. The summed E-state index contributed by atoms with van der Waals surface area (Å²) >= 11 is 0. The molecule has 4 rings (SSSR count). The van der Waals surface area contributed by atoms with Crippen LogP contribution < -0.4 is 4.90 Å². The Bertz CT molecular complexity index is 733. The van der Waals surface area contributed by atoms with Gasteiger partial charge in [-0.1, -0.05) is 12.1 Å². The molecule has 2 aromatic rings. The number of fused-ring (bicyclic) bond motifs is 1. The van der Waals surface area contributed by atoms with Crippen molar-refractivity contribution < 1.29 is 4.39 Å². The van der Waals surface area contributed by atoms with Crippen LogP contribution in [-0.4, -0.2) is 41.0 Å². The molecule has 4 nitrogen and oxygen atoms in total. The number of halogens is 1. The second-order valence-electron chi connectivity index (χ2n) is 6.93. The summed E-state index contributed by atoms with van der Waals surface area (Å²) in [6.45, 7) is 2.98. The molecule has 1 aromatic heterocycles. The molecule has 1 fully saturated rings. The first-order chi connectivity index (χ1) is 11.7. The Morgan fingerprint density at radius 2 is 2.17 bits per heavy atom. The van der Waals surface area contributed by atoms with Crippen LogP contribution in [0.3, 0.4) is 0 Å². The molecule has 0 radical (unpaired) electrons. The molecule has 0 amide bonds. The van der Waals surface area contributed by atoms with Gasteiger partial charge in [-0.3, -0.25) is 0 Å². The lowest BCUT2D eigenvalue weighted by Crippen LogP contribution is -2.35. The SMILES string of the molecule is CN1CCc2ncnc(N3CCC[C@@H]3Cc3cccc(F)c3)c2C1. The zero-order valence-corrected chi connectivity index (χ0v) is 14.1. The van der Waals surface area contributed by atoms with Crippen LogP contribution in [0.1, 0.15) is 29.7 Å². The second-order valence-corrected chi connectivity index (χ2v) is 6.93. The van der Waals surface area contributed by atoms with E-state index >= 15 is 0 Å². The van der Waals surface area contributed by atoms with Gasteiger partial charge in [-0.25, -0.2) is 14.4 Å². The number of hydrogen-bond acceptors (Lipinski definition) is 4. The standard InChI is InChI=1S/C19H23FN4/c1-23-9-7-18-17(12-23)19(22-13-21-18)24-8-3-6-16(24)11-14-4-2-5-15(20)10-14/h2,4-5,10,13,16H,3,6-9,11-12H2,1H3/t16-/m1/s1. The number of anilines is 1. The summed E-state index contributed by atoms with van der Waals surface area (Å²) in [6.07, 6.45) is 5.85. The fourth-order valence-electron chi connectivity index (χ4n) is 3.97. The molecule has 2 aliphatic rings. The molecule has 0 bridgehead atoms. The third kappa shape index (κ3) is 3.00. The molecule has 3 heterocycles. The smallest absolute Gasteiger partial charge is 0.137 e. The Labute approximate surface area is 142 Å². The fourth-order valence-corrected chi connectivity index (χ4v) is 3.97. The molecule has 0 aliphatic carbocycles. The van der Waals surface area contributed by atoms with Crippen molar-refractivity contribution in [3.8, 4) is 0 Å². The van der Waals surface area contributed by atoms with Crippen molar-refractivity contribution in [3.63, 3.8) is 0 Å². The number of likely N-dealkylation sites (N-methyl/N-ethyl adjacent to an activating group) is 1. The molecule has 24 heavy (non-hydrogen) atoms. The Kier molecular flexibility index (Phi) is 4.19. The maximum Gasteiger partial charge on any atom is 0.137 e. The molecular formula is C19H23FN4. The van der Waals surface area contributed by atoms with Crippen molar-refractivity contribution in [1.29, 1.82) is 0 Å². The van der Waals surface area contributed by atoms with E-state index < -0.39 is 0 Å². The van der Waals surface area contributed by atoms with Crippen LogP contribution in [0.2, 0.25) is 0 Å². The Morgan fingerprint density at radius 3 is 3.04 bits per heavy atom. The quantitative estimate of drug-likeness (QED) is 0.868. The molecule has 5 heteroatoms. The molecule has 1 aromatic carbocycles. The minimum absolute atomic E-state index is 0.155. The van der Waals surface area contributed by atoms with Gasteiger partial charge >= 0.3 is 0 Å². The third-order valence-electron chi connectivity index (χ3n) is 5.18. The highest BCUT2D eigenvalue weighted by Gasteiger charge is 2.30. The summed E-state index contributed by atoms with van der Waals surface area (Å²) < 4.78 is 13.5. The third-order valence-corrected chi connectivity index (χ3v) is 5.18. The van der Waals surface area contributed by atoms with Crippen molar-refractivity contribution in [1.82, 2.24) is 14.9 Å². The lowest BCUT2D eigenvalue weighted by molar-refractivity contribution is 0.309. The van der Waals surface area contributed by atoms with Gasteiger partial charge in [0.25, 0.3) is 0 Å². The normalized spacial score (nSPS) is 21.1. The van der Waals surface area contributed by atoms with E-state index in [1.165, 1.54) is 17.3 Å². The summed E-state index contributed by atoms with van der Waals surface area (Å²) in [7, 11) is 2.15. The second kappa shape index (κ2) is 6.48. The molecule has 0 unspecified atom stereocenters. The summed E-state index contributed by atoms with van der Waals surface area (Å²) in [5, 5.41) is 0. The molecule has 0 N–H and O–H groups in total. The van der Waals surface area contributed by atoms with Gasteiger partial charge in [0.05, 0.1) is 5.69 Å². The summed E-state index contributed by atoms with van der Waals surface area (Å²) in [5.74, 6) is 0.934. The van der Waals surface area contributed by atoms with Crippen molar-refractivity contribution in [3.05, 3.63) is 53.2 Å². The predicted molar refractivity (Wildman–Crippen MR) is 92.5 cm³/mol. The lowest BCUT2D eigenvalue weighted by atomic mass is 10.0. The summed E-state index contributed by atoms with van der Waals surface area (Å²) in [4.78, 5) is 13.9. The van der Waals surface area contributed by atoms with Crippen molar-refractivity contribution >= 4 is 5.82 Å². The topological polar surface area (TPSA) is 32.3 Å². The van der Waals surface area contributed by atoms with Crippen LogP contribution in [0.5, 0.6) is 0 Å². The molecule has 2 aliphatic heterocycles. The first kappa shape index (κ1) is 15.5. The van der Waals surface area contributed by atoms with E-state index in [1.807, 2.05) is 6.07 Å². The monoisotopic (exact) mass is 326 g/mol. The van der Waals surface area contributed by atoms with Gasteiger partial charge in [-0.2, -0.15) is 0 Å². The van der Waals surface area contributed by atoms with Gasteiger partial charge in [0, 0.05) is 37.7 Å². The maximum atomic E-state index is 13.5. The van der Waals surface area contributed by atoms with Gasteiger partial charge in [-0.15, -0.1) is 0 Å². The van der Waals surface area contributed by atoms with Gasteiger partial charge in [0.15, 0.2) is 0 Å². The van der Waals surface area contributed by atoms with Gasteiger partial charge < -0.3 is 9.80 Å². The zero-order chi connectivity index (χ0) is 16.5. The van der Waals surface area contributed by atoms with Crippen LogP contribution in [-0.2, 0) is 19.4 Å². The largest absolute Gasteiger partial charge is 0.353 e. The van der Waals surface area contributed by atoms with Crippen LogP contribution >= 0.6 is 0 Å². The van der Waals surface area contributed by atoms with Crippen molar-refractivity contribution in [2.75, 3.05) is 25.0 Å². The van der Waals surface area contributed by atoms with E-state index in [-0.39, 0.29) is 5.82 Å². The minimum atomic E-state index is -0.155. The number of benzene rings is 1. The number of hydrogen-bond donors (Lipinski definition) is 0. The van der Waals surface area contributed by atoms with Crippen LogP contribution in [0, 0.1) is 5.82 Å². The summed E-state index contributed by atoms with van der Waals surface area (Å²) in [5.41, 5.74) is 3.53. The van der Waals surface area contributed by atoms with E-state index in [4.69, 9.17) is 0 Å². The van der Waals surface area contributed by atoms with Crippen LogP contribution in [0.4, 0.5) is 10.2 Å². The van der Waals surface area contributed by atoms with E-state index in [0.29, 0.717) is 6.04 Å². The first-order valence-electron chi connectivity index (χ1n) is 8.73. The molecular weight excluding hydrogens is 303 g/mol. The van der Waals surface area contributed by atoms with Crippen LogP contribution in [0.15, 0.2) is 30.6 Å². The number of aromatic nitrogens is 2. The highest BCUT2D eigenvalue weighted by molar-refractivity contribution is 5.51. The maximum absolute atomic E-state index is 13.5. The Morgan fingerprint density at radius 1 is 1.25 bits per heavy atom. The molecule has 1 saturated heterocycles. The number of rotatable bonds is 3. The first-order valence-corrected chi connectivity index (χ1v) is 8.73. The van der Waals surface area contributed by atoms with Gasteiger partial charge in [0.2, 0.25) is 0 Å². The van der Waals surface area contributed by atoms with Gasteiger partial charge in [-0.05, 0) is 44.0 Å². The summed E-state index contributed by atoms with van der Waals surface area (Å²) in [6, 6.07) is 7.36. The van der Waals surface area contributed by atoms with E-state index in [1.54, 1.807) is 18.5 Å². The lowest BCUT2D eigenvalue weighted by Gasteiger charge is -2.32. The van der Waals surface area contributed by atoms with Crippen molar-refractivity contribution in [2.45, 2.75) is 38.3 Å². The fraction of sp³-hybridized carbons (Fsp3) is 0.474. The van der Waals surface area contributed by atoms with Crippen LogP contribution in [0.25, 0.3) is 0 Å². The van der Waals surface area contributed by atoms with Gasteiger partial charge in [0.1, 0.15) is 18.0 Å². The minimum Gasteiger partial charge on any atom is -0.353 e. The Hall–Kier alpha value is -2.01. The highest BCUT2D eigenvalue weighted by Crippen LogP contribution is 2.31. The average molecular weight is 326 g/mol. The molecule has 126 valence electrons.